The smallest absolute Gasteiger partial charge is 0.0591 e. The normalized spacial score (nSPS) is 14.5. The fourth-order valence-corrected chi connectivity index (χ4v) is 1.66. The quantitative estimate of drug-likeness (QED) is 0.600. The van der Waals surface area contributed by atoms with Crippen molar-refractivity contribution < 1.29 is 5.11 Å². The van der Waals surface area contributed by atoms with Gasteiger partial charge in [-0.15, -0.1) is 0 Å². The largest absolute Gasteiger partial charge is 0.393 e. The van der Waals surface area contributed by atoms with Crippen LogP contribution in [0.2, 0.25) is 0 Å². The van der Waals surface area contributed by atoms with Gasteiger partial charge >= 0.3 is 0 Å². The molecule has 0 amide bonds. The van der Waals surface area contributed by atoms with E-state index in [-0.39, 0.29) is 11.5 Å². The van der Waals surface area contributed by atoms with E-state index < -0.39 is 0 Å². The Kier molecular flexibility index (Phi) is 6.40. The molecule has 13 heavy (non-hydrogen) atoms. The van der Waals surface area contributed by atoms with Crippen molar-refractivity contribution in [3.63, 3.8) is 0 Å². The van der Waals surface area contributed by atoms with Gasteiger partial charge in [0.05, 0.1) is 6.10 Å². The zero-order chi connectivity index (χ0) is 10.3. The highest BCUT2D eigenvalue weighted by Gasteiger charge is 2.25. The Morgan fingerprint density at radius 1 is 1.08 bits per heavy atom. The van der Waals surface area contributed by atoms with Crippen molar-refractivity contribution in [1.82, 2.24) is 0 Å². The van der Waals surface area contributed by atoms with E-state index in [4.69, 9.17) is 0 Å². The van der Waals surface area contributed by atoms with Crippen molar-refractivity contribution in [3.05, 3.63) is 0 Å². The SMILES string of the molecule is CCCCCC(C)(C)C(O)CCC. The minimum Gasteiger partial charge on any atom is -0.393 e. The van der Waals surface area contributed by atoms with E-state index in [0.717, 1.165) is 19.3 Å². The Morgan fingerprint density at radius 2 is 1.69 bits per heavy atom. The molecule has 80 valence electrons. The molecule has 1 unspecified atom stereocenters. The highest BCUT2D eigenvalue weighted by atomic mass is 16.3. The van der Waals surface area contributed by atoms with Gasteiger partial charge in [0.25, 0.3) is 0 Å². The van der Waals surface area contributed by atoms with Crippen LogP contribution in [0.15, 0.2) is 0 Å². The molecule has 1 heteroatoms. The van der Waals surface area contributed by atoms with Crippen molar-refractivity contribution >= 4 is 0 Å². The zero-order valence-electron chi connectivity index (χ0n) is 9.77. The van der Waals surface area contributed by atoms with E-state index in [1.165, 1.54) is 19.3 Å². The third-order valence-corrected chi connectivity index (χ3v) is 2.89. The molecule has 0 aliphatic rings. The lowest BCUT2D eigenvalue weighted by Crippen LogP contribution is -2.29. The molecule has 0 aromatic carbocycles. The van der Waals surface area contributed by atoms with Crippen LogP contribution in [-0.4, -0.2) is 11.2 Å². The van der Waals surface area contributed by atoms with Gasteiger partial charge in [0, 0.05) is 0 Å². The van der Waals surface area contributed by atoms with E-state index in [1.54, 1.807) is 0 Å². The van der Waals surface area contributed by atoms with Gasteiger partial charge in [-0.05, 0) is 18.3 Å². The summed E-state index contributed by atoms with van der Waals surface area (Å²) in [6.07, 6.45) is 6.88. The average Bonchev–Trinajstić information content (AvgIpc) is 2.05. The number of hydrogen-bond acceptors (Lipinski definition) is 1. The summed E-state index contributed by atoms with van der Waals surface area (Å²) in [5.74, 6) is 0. The molecular weight excluding hydrogens is 160 g/mol. The summed E-state index contributed by atoms with van der Waals surface area (Å²) in [6, 6.07) is 0. The predicted octanol–water partition coefficient (Wildman–Crippen LogP) is 3.75. The van der Waals surface area contributed by atoms with Crippen LogP contribution in [-0.2, 0) is 0 Å². The number of aliphatic hydroxyl groups excluding tert-OH is 1. The predicted molar refractivity (Wildman–Crippen MR) is 58.8 cm³/mol. The van der Waals surface area contributed by atoms with E-state index in [2.05, 4.69) is 27.7 Å². The van der Waals surface area contributed by atoms with Gasteiger partial charge in [-0.1, -0.05) is 53.4 Å². The average molecular weight is 186 g/mol. The Labute approximate surface area is 83.5 Å². The molecule has 1 N–H and O–H groups in total. The lowest BCUT2D eigenvalue weighted by Gasteiger charge is -2.30. The molecule has 0 fully saturated rings. The maximum Gasteiger partial charge on any atom is 0.0591 e. The molecule has 0 aromatic rings. The van der Waals surface area contributed by atoms with Crippen LogP contribution in [0.4, 0.5) is 0 Å². The summed E-state index contributed by atoms with van der Waals surface area (Å²) < 4.78 is 0. The zero-order valence-corrected chi connectivity index (χ0v) is 9.77. The highest BCUT2D eigenvalue weighted by Crippen LogP contribution is 2.30. The first-order valence-corrected chi connectivity index (χ1v) is 5.72. The maximum absolute atomic E-state index is 9.88. The number of hydrogen-bond donors (Lipinski definition) is 1. The van der Waals surface area contributed by atoms with Gasteiger partial charge in [-0.25, -0.2) is 0 Å². The van der Waals surface area contributed by atoms with Crippen LogP contribution in [0.5, 0.6) is 0 Å². The summed E-state index contributed by atoms with van der Waals surface area (Å²) in [6.45, 7) is 8.72. The van der Waals surface area contributed by atoms with E-state index in [1.807, 2.05) is 0 Å². The van der Waals surface area contributed by atoms with Crippen LogP contribution >= 0.6 is 0 Å². The summed E-state index contributed by atoms with van der Waals surface area (Å²) in [5, 5.41) is 9.88. The molecular formula is C12H26O. The fraction of sp³-hybridized carbons (Fsp3) is 1.00. The van der Waals surface area contributed by atoms with E-state index >= 15 is 0 Å². The lowest BCUT2D eigenvalue weighted by atomic mass is 9.79. The van der Waals surface area contributed by atoms with Gasteiger partial charge in [-0.3, -0.25) is 0 Å². The molecule has 1 nitrogen and oxygen atoms in total. The van der Waals surface area contributed by atoms with Gasteiger partial charge in [0.2, 0.25) is 0 Å². The molecule has 0 saturated carbocycles. The van der Waals surface area contributed by atoms with Crippen molar-refractivity contribution in [2.45, 2.75) is 72.3 Å². The van der Waals surface area contributed by atoms with Crippen LogP contribution < -0.4 is 0 Å². The first-order valence-electron chi connectivity index (χ1n) is 5.72. The van der Waals surface area contributed by atoms with Crippen LogP contribution in [0, 0.1) is 5.41 Å². The minimum absolute atomic E-state index is 0.116. The molecule has 0 bridgehead atoms. The molecule has 0 spiro atoms. The highest BCUT2D eigenvalue weighted by molar-refractivity contribution is 4.77. The lowest BCUT2D eigenvalue weighted by molar-refractivity contribution is 0.0349. The number of rotatable bonds is 7. The summed E-state index contributed by atoms with van der Waals surface area (Å²) >= 11 is 0. The van der Waals surface area contributed by atoms with Crippen molar-refractivity contribution in [3.8, 4) is 0 Å². The van der Waals surface area contributed by atoms with Gasteiger partial charge < -0.3 is 5.11 Å². The standard InChI is InChI=1S/C12H26O/c1-5-7-8-10-12(3,4)11(13)9-6-2/h11,13H,5-10H2,1-4H3. The first kappa shape index (κ1) is 13.0. The van der Waals surface area contributed by atoms with Crippen LogP contribution in [0.25, 0.3) is 0 Å². The second-order valence-corrected chi connectivity index (χ2v) is 4.75. The summed E-state index contributed by atoms with van der Waals surface area (Å²) in [5.41, 5.74) is 0.116. The second-order valence-electron chi connectivity index (χ2n) is 4.75. The third-order valence-electron chi connectivity index (χ3n) is 2.89. The van der Waals surface area contributed by atoms with Gasteiger partial charge in [0.15, 0.2) is 0 Å². The van der Waals surface area contributed by atoms with Crippen molar-refractivity contribution in [2.24, 2.45) is 5.41 Å². The molecule has 0 saturated heterocycles. The summed E-state index contributed by atoms with van der Waals surface area (Å²) in [4.78, 5) is 0. The van der Waals surface area contributed by atoms with Gasteiger partial charge in [-0.2, -0.15) is 0 Å². The second kappa shape index (κ2) is 6.42. The third kappa shape index (κ3) is 5.30. The fourth-order valence-electron chi connectivity index (χ4n) is 1.66. The Hall–Kier alpha value is -0.0400. The monoisotopic (exact) mass is 186 g/mol. The molecule has 1 atom stereocenters. The number of unbranched alkanes of at least 4 members (excludes halogenated alkanes) is 2. The molecule has 0 aromatic heterocycles. The van der Waals surface area contributed by atoms with Crippen molar-refractivity contribution in [2.75, 3.05) is 0 Å². The molecule has 0 aliphatic carbocycles. The molecule has 0 heterocycles. The number of aliphatic hydroxyl groups is 1. The molecule has 0 rings (SSSR count). The Morgan fingerprint density at radius 3 is 2.15 bits per heavy atom. The summed E-state index contributed by atoms with van der Waals surface area (Å²) in [7, 11) is 0. The minimum atomic E-state index is -0.116. The Balaban J connectivity index is 3.76. The molecule has 0 aliphatic heterocycles. The van der Waals surface area contributed by atoms with E-state index in [0.29, 0.717) is 0 Å². The van der Waals surface area contributed by atoms with E-state index in [9.17, 15) is 5.11 Å². The van der Waals surface area contributed by atoms with Crippen LogP contribution in [0.1, 0.15) is 66.2 Å². The van der Waals surface area contributed by atoms with Crippen molar-refractivity contribution in [1.29, 1.82) is 0 Å². The maximum atomic E-state index is 9.88. The van der Waals surface area contributed by atoms with Gasteiger partial charge in [0.1, 0.15) is 0 Å². The first-order chi connectivity index (χ1) is 6.04. The Bertz CT molecular complexity index is 118. The van der Waals surface area contributed by atoms with Crippen LogP contribution in [0.3, 0.4) is 0 Å². The molecule has 0 radical (unpaired) electrons. The topological polar surface area (TPSA) is 20.2 Å².